The van der Waals surface area contributed by atoms with E-state index in [0.29, 0.717) is 28.3 Å². The lowest BCUT2D eigenvalue weighted by Crippen LogP contribution is -2.34. The van der Waals surface area contributed by atoms with E-state index in [9.17, 15) is 4.79 Å². The van der Waals surface area contributed by atoms with Gasteiger partial charge >= 0.3 is 0 Å². The molecule has 31 heavy (non-hydrogen) atoms. The number of nitrogens with one attached hydrogen (secondary N) is 2. The van der Waals surface area contributed by atoms with Crippen LogP contribution in [0.15, 0.2) is 75.8 Å². The Morgan fingerprint density at radius 1 is 1.03 bits per heavy atom. The fourth-order valence-electron chi connectivity index (χ4n) is 3.33. The molecular weight excluding hydrogens is 412 g/mol. The van der Waals surface area contributed by atoms with Crippen molar-refractivity contribution in [3.05, 3.63) is 78.3 Å². The van der Waals surface area contributed by atoms with Crippen LogP contribution in [0.1, 0.15) is 16.1 Å². The molecular formula is C23H16N4O3S. The summed E-state index contributed by atoms with van der Waals surface area (Å²) in [4.78, 5) is 21.2. The number of nitrogens with zero attached hydrogens (tertiary/aromatic N) is 2. The van der Waals surface area contributed by atoms with E-state index in [1.165, 1.54) is 0 Å². The molecule has 0 fully saturated rings. The van der Waals surface area contributed by atoms with Crippen LogP contribution in [0.3, 0.4) is 0 Å². The molecule has 5 rings (SSSR count). The van der Waals surface area contributed by atoms with E-state index in [0.717, 1.165) is 16.5 Å². The molecule has 1 amide bonds. The molecule has 0 atom stereocenters. The number of carbonyl (C=O) groups excluding carboxylic acids is 1. The van der Waals surface area contributed by atoms with Crippen molar-refractivity contribution in [3.63, 3.8) is 0 Å². The van der Waals surface area contributed by atoms with Gasteiger partial charge in [0.25, 0.3) is 5.91 Å². The number of hydrogen-bond acceptors (Lipinski definition) is 6. The standard InChI is InChI=1S/C23H16N4O3S/c1-13-16-6-2-3-7-18(16)29-20(13)21(28)27-23(31)25-15-8-9-19-17(11-15)26-22(30-19)14-5-4-10-24-12-14/h2-12H,1H3,(H2,25,27,28,31). The lowest BCUT2D eigenvalue weighted by Gasteiger charge is -2.08. The highest BCUT2D eigenvalue weighted by atomic mass is 32.1. The summed E-state index contributed by atoms with van der Waals surface area (Å²) in [5, 5.41) is 6.71. The molecule has 2 N–H and O–H groups in total. The molecule has 0 aliphatic rings. The summed E-state index contributed by atoms with van der Waals surface area (Å²) in [7, 11) is 0. The molecule has 0 bridgehead atoms. The Labute approximate surface area is 182 Å². The third kappa shape index (κ3) is 3.64. The first kappa shape index (κ1) is 19.0. The van der Waals surface area contributed by atoms with Gasteiger partial charge in [0.2, 0.25) is 5.89 Å². The Morgan fingerprint density at radius 2 is 1.90 bits per heavy atom. The molecule has 2 aromatic carbocycles. The molecule has 0 saturated carbocycles. The number of para-hydroxylation sites is 1. The molecule has 0 aliphatic carbocycles. The van der Waals surface area contributed by atoms with Crippen LogP contribution in [0.5, 0.6) is 0 Å². The largest absolute Gasteiger partial charge is 0.451 e. The number of anilines is 1. The number of aromatic nitrogens is 2. The fourth-order valence-corrected chi connectivity index (χ4v) is 3.54. The van der Waals surface area contributed by atoms with Crippen LogP contribution in [0.25, 0.3) is 33.5 Å². The molecule has 152 valence electrons. The number of rotatable bonds is 3. The van der Waals surface area contributed by atoms with Gasteiger partial charge in [-0.15, -0.1) is 0 Å². The third-order valence-electron chi connectivity index (χ3n) is 4.83. The van der Waals surface area contributed by atoms with Gasteiger partial charge in [-0.2, -0.15) is 0 Å². The van der Waals surface area contributed by atoms with Gasteiger partial charge in [0.1, 0.15) is 11.1 Å². The minimum Gasteiger partial charge on any atom is -0.451 e. The molecule has 7 nitrogen and oxygen atoms in total. The average molecular weight is 428 g/mol. The van der Waals surface area contributed by atoms with Crippen LogP contribution in [-0.4, -0.2) is 21.0 Å². The number of amides is 1. The second kappa shape index (κ2) is 7.66. The summed E-state index contributed by atoms with van der Waals surface area (Å²) in [5.74, 6) is 0.308. The molecule has 0 spiro atoms. The predicted octanol–water partition coefficient (Wildman–Crippen LogP) is 5.07. The van der Waals surface area contributed by atoms with E-state index in [4.69, 9.17) is 21.1 Å². The van der Waals surface area contributed by atoms with E-state index >= 15 is 0 Å². The number of oxazole rings is 1. The molecule has 0 radical (unpaired) electrons. The lowest BCUT2D eigenvalue weighted by molar-refractivity contribution is 0.0952. The Bertz CT molecular complexity index is 1440. The van der Waals surface area contributed by atoms with Crippen molar-refractivity contribution in [1.29, 1.82) is 0 Å². The monoisotopic (exact) mass is 428 g/mol. The summed E-state index contributed by atoms with van der Waals surface area (Å²) < 4.78 is 11.5. The van der Waals surface area contributed by atoms with Gasteiger partial charge < -0.3 is 14.2 Å². The Balaban J connectivity index is 1.32. The minimum atomic E-state index is -0.410. The quantitative estimate of drug-likeness (QED) is 0.388. The minimum absolute atomic E-state index is 0.153. The predicted molar refractivity (Wildman–Crippen MR) is 122 cm³/mol. The summed E-state index contributed by atoms with van der Waals surface area (Å²) in [6, 6.07) is 16.6. The molecule has 0 saturated heterocycles. The summed E-state index contributed by atoms with van der Waals surface area (Å²) in [5.41, 5.74) is 4.18. The van der Waals surface area contributed by atoms with Crippen LogP contribution in [0.4, 0.5) is 5.69 Å². The van der Waals surface area contributed by atoms with Gasteiger partial charge in [-0.25, -0.2) is 4.98 Å². The number of fused-ring (bicyclic) bond motifs is 2. The van der Waals surface area contributed by atoms with Gasteiger partial charge in [-0.05, 0) is 55.5 Å². The highest BCUT2D eigenvalue weighted by Crippen LogP contribution is 2.26. The Hall–Kier alpha value is -4.04. The Kier molecular flexibility index (Phi) is 4.68. The molecule has 0 aliphatic heterocycles. The van der Waals surface area contributed by atoms with Crippen molar-refractivity contribution < 1.29 is 13.6 Å². The molecule has 0 unspecified atom stereocenters. The number of hydrogen-bond donors (Lipinski definition) is 2. The SMILES string of the molecule is Cc1c(C(=O)NC(=S)Nc2ccc3oc(-c4cccnc4)nc3c2)oc2ccccc12. The van der Waals surface area contributed by atoms with Gasteiger partial charge in [-0.1, -0.05) is 18.2 Å². The number of thiocarbonyl (C=S) groups is 1. The number of benzene rings is 2. The van der Waals surface area contributed by atoms with Gasteiger partial charge in [-0.3, -0.25) is 15.1 Å². The van der Waals surface area contributed by atoms with E-state index in [1.807, 2.05) is 43.3 Å². The van der Waals surface area contributed by atoms with E-state index in [1.54, 1.807) is 30.6 Å². The first-order chi connectivity index (χ1) is 15.1. The topological polar surface area (TPSA) is 93.2 Å². The van der Waals surface area contributed by atoms with E-state index in [2.05, 4.69) is 20.6 Å². The summed E-state index contributed by atoms with van der Waals surface area (Å²) in [6.07, 6.45) is 3.38. The number of aryl methyl sites for hydroxylation is 1. The first-order valence-electron chi connectivity index (χ1n) is 9.50. The van der Waals surface area contributed by atoms with Crippen LogP contribution in [0, 0.1) is 6.92 Å². The average Bonchev–Trinajstić information content (AvgIpc) is 3.35. The van der Waals surface area contributed by atoms with Gasteiger partial charge in [0, 0.05) is 29.0 Å². The van der Waals surface area contributed by atoms with Crippen molar-refractivity contribution in [2.75, 3.05) is 5.32 Å². The second-order valence-electron chi connectivity index (χ2n) is 6.90. The second-order valence-corrected chi connectivity index (χ2v) is 7.31. The Morgan fingerprint density at radius 3 is 2.71 bits per heavy atom. The number of pyridine rings is 1. The zero-order chi connectivity index (χ0) is 21.4. The normalized spacial score (nSPS) is 11.0. The van der Waals surface area contributed by atoms with Crippen LogP contribution < -0.4 is 10.6 Å². The highest BCUT2D eigenvalue weighted by Gasteiger charge is 2.18. The first-order valence-corrected chi connectivity index (χ1v) is 9.91. The van der Waals surface area contributed by atoms with Gasteiger partial charge in [0.05, 0.1) is 5.56 Å². The summed E-state index contributed by atoms with van der Waals surface area (Å²) in [6.45, 7) is 1.84. The highest BCUT2D eigenvalue weighted by molar-refractivity contribution is 7.80. The van der Waals surface area contributed by atoms with E-state index < -0.39 is 5.91 Å². The van der Waals surface area contributed by atoms with E-state index in [-0.39, 0.29) is 10.9 Å². The molecule has 3 aromatic heterocycles. The third-order valence-corrected chi connectivity index (χ3v) is 5.04. The van der Waals surface area contributed by atoms with Crippen molar-refractivity contribution in [1.82, 2.24) is 15.3 Å². The van der Waals surface area contributed by atoms with Crippen LogP contribution in [-0.2, 0) is 0 Å². The number of carbonyl (C=O) groups is 1. The maximum absolute atomic E-state index is 12.6. The maximum atomic E-state index is 12.6. The number of furan rings is 1. The molecule has 8 heteroatoms. The fraction of sp³-hybridized carbons (Fsp3) is 0.0435. The zero-order valence-electron chi connectivity index (χ0n) is 16.4. The van der Waals surface area contributed by atoms with Crippen LogP contribution in [0.2, 0.25) is 0 Å². The zero-order valence-corrected chi connectivity index (χ0v) is 17.2. The van der Waals surface area contributed by atoms with Crippen molar-refractivity contribution in [2.24, 2.45) is 0 Å². The van der Waals surface area contributed by atoms with Crippen molar-refractivity contribution in [2.45, 2.75) is 6.92 Å². The van der Waals surface area contributed by atoms with Crippen molar-refractivity contribution >= 4 is 51.0 Å². The summed E-state index contributed by atoms with van der Waals surface area (Å²) >= 11 is 5.30. The van der Waals surface area contributed by atoms with Crippen molar-refractivity contribution in [3.8, 4) is 11.5 Å². The molecule has 3 heterocycles. The molecule has 5 aromatic rings. The van der Waals surface area contributed by atoms with Crippen LogP contribution >= 0.6 is 12.2 Å². The van der Waals surface area contributed by atoms with Gasteiger partial charge in [0.15, 0.2) is 16.5 Å². The lowest BCUT2D eigenvalue weighted by atomic mass is 10.1. The maximum Gasteiger partial charge on any atom is 0.293 e. The smallest absolute Gasteiger partial charge is 0.293 e.